The molecule has 0 radical (unpaired) electrons. The van der Waals surface area contributed by atoms with Gasteiger partial charge >= 0.3 is 0 Å². The first-order chi connectivity index (χ1) is 7.20. The van der Waals surface area contributed by atoms with E-state index in [1.165, 1.54) is 0 Å². The van der Waals surface area contributed by atoms with E-state index in [1.54, 1.807) is 18.2 Å². The second-order valence-corrected chi connectivity index (χ2v) is 4.65. The Kier molecular flexibility index (Phi) is 3.38. The van der Waals surface area contributed by atoms with Gasteiger partial charge in [-0.2, -0.15) is 0 Å². The van der Waals surface area contributed by atoms with Gasteiger partial charge in [0.2, 0.25) is 0 Å². The zero-order chi connectivity index (χ0) is 10.8. The summed E-state index contributed by atoms with van der Waals surface area (Å²) in [6.07, 6.45) is 1.18. The van der Waals surface area contributed by atoms with Crippen molar-refractivity contribution in [1.29, 1.82) is 0 Å². The molecule has 0 amide bonds. The van der Waals surface area contributed by atoms with Crippen LogP contribution in [-0.4, -0.2) is 17.7 Å². The first-order valence-corrected chi connectivity index (χ1v) is 5.85. The Hall–Kier alpha value is -0.450. The lowest BCUT2D eigenvalue weighted by Gasteiger charge is -2.19. The molecule has 0 aromatic heterocycles. The van der Waals surface area contributed by atoms with Gasteiger partial charge in [-0.3, -0.25) is 0 Å². The van der Waals surface area contributed by atoms with Crippen molar-refractivity contribution in [2.45, 2.75) is 25.0 Å². The van der Waals surface area contributed by atoms with Crippen molar-refractivity contribution in [2.75, 3.05) is 6.54 Å². The summed E-state index contributed by atoms with van der Waals surface area (Å²) in [5.41, 5.74) is 0.365. The molecule has 1 saturated heterocycles. The number of hydrogen-bond donors (Lipinski definition) is 2. The summed E-state index contributed by atoms with van der Waals surface area (Å²) in [7, 11) is 0. The topological polar surface area (TPSA) is 32.3 Å². The minimum atomic E-state index is -0.759. The van der Waals surface area contributed by atoms with Crippen LogP contribution in [0.3, 0.4) is 0 Å². The summed E-state index contributed by atoms with van der Waals surface area (Å²) in [6.45, 7) is 0.900. The molecule has 0 bridgehead atoms. The van der Waals surface area contributed by atoms with Gasteiger partial charge in [-0.05, 0) is 41.4 Å². The molecule has 1 aliphatic rings. The van der Waals surface area contributed by atoms with Gasteiger partial charge < -0.3 is 10.4 Å². The predicted molar refractivity (Wildman–Crippen MR) is 60.1 cm³/mol. The lowest BCUT2D eigenvalue weighted by molar-refractivity contribution is 0.133. The molecule has 4 heteroatoms. The van der Waals surface area contributed by atoms with Crippen molar-refractivity contribution in [3.05, 3.63) is 34.1 Å². The van der Waals surface area contributed by atoms with Gasteiger partial charge in [0, 0.05) is 11.6 Å². The fourth-order valence-corrected chi connectivity index (χ4v) is 2.33. The van der Waals surface area contributed by atoms with Crippen molar-refractivity contribution >= 4 is 15.9 Å². The van der Waals surface area contributed by atoms with E-state index < -0.39 is 6.10 Å². The Morgan fingerprint density at radius 2 is 2.33 bits per heavy atom. The maximum absolute atomic E-state index is 13.7. The molecular formula is C11H13BrFNO. The fourth-order valence-electron chi connectivity index (χ4n) is 1.95. The SMILES string of the molecule is OC(c1cccc(Br)c1F)C1CCCN1. The maximum atomic E-state index is 13.7. The summed E-state index contributed by atoms with van der Waals surface area (Å²) in [5, 5.41) is 13.2. The van der Waals surface area contributed by atoms with Crippen molar-refractivity contribution in [3.63, 3.8) is 0 Å². The summed E-state index contributed by atoms with van der Waals surface area (Å²) in [6, 6.07) is 4.98. The number of aliphatic hydroxyl groups excluding tert-OH is 1. The minimum Gasteiger partial charge on any atom is -0.387 e. The molecule has 2 atom stereocenters. The fraction of sp³-hybridized carbons (Fsp3) is 0.455. The van der Waals surface area contributed by atoms with Crippen LogP contribution in [0.5, 0.6) is 0 Å². The molecule has 0 saturated carbocycles. The average Bonchev–Trinajstić information content (AvgIpc) is 2.74. The average molecular weight is 274 g/mol. The quantitative estimate of drug-likeness (QED) is 0.867. The minimum absolute atomic E-state index is 0.0196. The number of aliphatic hydroxyl groups is 1. The Bertz CT molecular complexity index is 352. The molecule has 1 aromatic rings. The Morgan fingerprint density at radius 3 is 3.00 bits per heavy atom. The third-order valence-electron chi connectivity index (χ3n) is 2.78. The zero-order valence-corrected chi connectivity index (χ0v) is 9.80. The molecule has 1 heterocycles. The summed E-state index contributed by atoms with van der Waals surface area (Å²) in [5.74, 6) is -0.362. The second-order valence-electron chi connectivity index (χ2n) is 3.79. The molecule has 2 rings (SSSR count). The maximum Gasteiger partial charge on any atom is 0.143 e. The monoisotopic (exact) mass is 273 g/mol. The van der Waals surface area contributed by atoms with Crippen LogP contribution in [0, 0.1) is 5.82 Å². The molecular weight excluding hydrogens is 261 g/mol. The summed E-state index contributed by atoms with van der Waals surface area (Å²) in [4.78, 5) is 0. The van der Waals surface area contributed by atoms with Crippen LogP contribution in [0.4, 0.5) is 4.39 Å². The highest BCUT2D eigenvalue weighted by Gasteiger charge is 2.26. The first kappa shape index (κ1) is 11.0. The van der Waals surface area contributed by atoms with E-state index in [9.17, 15) is 9.50 Å². The largest absolute Gasteiger partial charge is 0.387 e. The molecule has 82 valence electrons. The van der Waals surface area contributed by atoms with Gasteiger partial charge in [0.15, 0.2) is 0 Å². The highest BCUT2D eigenvalue weighted by molar-refractivity contribution is 9.10. The van der Waals surface area contributed by atoms with E-state index in [4.69, 9.17) is 0 Å². The third-order valence-corrected chi connectivity index (χ3v) is 3.39. The summed E-state index contributed by atoms with van der Waals surface area (Å²) < 4.78 is 14.1. The van der Waals surface area contributed by atoms with E-state index >= 15 is 0 Å². The van der Waals surface area contributed by atoms with Crippen molar-refractivity contribution < 1.29 is 9.50 Å². The Labute approximate surface area is 96.6 Å². The van der Waals surface area contributed by atoms with Gasteiger partial charge in [-0.15, -0.1) is 0 Å². The number of benzene rings is 1. The lowest BCUT2D eigenvalue weighted by atomic mass is 10.0. The molecule has 2 nitrogen and oxygen atoms in total. The van der Waals surface area contributed by atoms with Crippen LogP contribution in [0.1, 0.15) is 24.5 Å². The molecule has 0 aliphatic carbocycles. The molecule has 1 fully saturated rings. The lowest BCUT2D eigenvalue weighted by Crippen LogP contribution is -2.29. The van der Waals surface area contributed by atoms with Gasteiger partial charge in [-0.25, -0.2) is 4.39 Å². The molecule has 1 aromatic carbocycles. The molecule has 0 spiro atoms. The van der Waals surface area contributed by atoms with E-state index in [2.05, 4.69) is 21.2 Å². The van der Waals surface area contributed by atoms with Crippen LogP contribution in [-0.2, 0) is 0 Å². The molecule has 15 heavy (non-hydrogen) atoms. The van der Waals surface area contributed by atoms with Gasteiger partial charge in [0.05, 0.1) is 10.6 Å². The predicted octanol–water partition coefficient (Wildman–Crippen LogP) is 2.37. The number of rotatable bonds is 2. The molecule has 1 aliphatic heterocycles. The Balaban J connectivity index is 2.24. The van der Waals surface area contributed by atoms with Crippen LogP contribution in [0.15, 0.2) is 22.7 Å². The van der Waals surface area contributed by atoms with E-state index in [-0.39, 0.29) is 11.9 Å². The second kappa shape index (κ2) is 4.60. The van der Waals surface area contributed by atoms with Crippen LogP contribution in [0.25, 0.3) is 0 Å². The van der Waals surface area contributed by atoms with E-state index in [1.807, 2.05) is 0 Å². The molecule has 2 N–H and O–H groups in total. The van der Waals surface area contributed by atoms with Crippen LogP contribution >= 0.6 is 15.9 Å². The van der Waals surface area contributed by atoms with E-state index in [0.29, 0.717) is 10.0 Å². The zero-order valence-electron chi connectivity index (χ0n) is 8.21. The van der Waals surface area contributed by atoms with Crippen molar-refractivity contribution in [2.24, 2.45) is 0 Å². The summed E-state index contributed by atoms with van der Waals surface area (Å²) >= 11 is 3.12. The number of nitrogens with one attached hydrogen (secondary N) is 1. The van der Waals surface area contributed by atoms with Crippen LogP contribution < -0.4 is 5.32 Å². The Morgan fingerprint density at radius 1 is 1.53 bits per heavy atom. The van der Waals surface area contributed by atoms with Crippen molar-refractivity contribution in [1.82, 2.24) is 5.32 Å². The highest BCUT2D eigenvalue weighted by atomic mass is 79.9. The number of hydrogen-bond acceptors (Lipinski definition) is 2. The van der Waals surface area contributed by atoms with Gasteiger partial charge in [-0.1, -0.05) is 12.1 Å². The standard InChI is InChI=1S/C11H13BrFNO/c12-8-4-1-3-7(10(8)13)11(15)9-5-2-6-14-9/h1,3-4,9,11,14-15H,2,5-6H2. The van der Waals surface area contributed by atoms with Crippen molar-refractivity contribution in [3.8, 4) is 0 Å². The van der Waals surface area contributed by atoms with Crippen LogP contribution in [0.2, 0.25) is 0 Å². The van der Waals surface area contributed by atoms with E-state index in [0.717, 1.165) is 19.4 Å². The number of halogens is 2. The smallest absolute Gasteiger partial charge is 0.143 e. The van der Waals surface area contributed by atoms with Gasteiger partial charge in [0.25, 0.3) is 0 Å². The third kappa shape index (κ3) is 2.22. The molecule has 2 unspecified atom stereocenters. The first-order valence-electron chi connectivity index (χ1n) is 5.05. The normalized spacial score (nSPS) is 23.0. The highest BCUT2D eigenvalue weighted by Crippen LogP contribution is 2.28. The van der Waals surface area contributed by atoms with Gasteiger partial charge in [0.1, 0.15) is 5.82 Å².